The highest BCUT2D eigenvalue weighted by molar-refractivity contribution is 5.90. The van der Waals surface area contributed by atoms with E-state index in [-0.39, 0.29) is 0 Å². The van der Waals surface area contributed by atoms with Crippen LogP contribution in [0.25, 0.3) is 10.9 Å². The fraction of sp³-hybridized carbons (Fsp3) is 0.462. The SMILES string of the molecule is COc1ccc(CNC2CCC(Nc3nc(N(C)C)c4ccccc4n3)CC2)c(C)c1C. The van der Waals surface area contributed by atoms with Crippen molar-refractivity contribution < 1.29 is 4.74 Å². The first-order valence-corrected chi connectivity index (χ1v) is 11.5. The molecule has 6 nitrogen and oxygen atoms in total. The van der Waals surface area contributed by atoms with Crippen molar-refractivity contribution in [3.63, 3.8) is 0 Å². The lowest BCUT2D eigenvalue weighted by molar-refractivity contribution is 0.352. The predicted octanol–water partition coefficient (Wildman–Crippen LogP) is 4.83. The van der Waals surface area contributed by atoms with Gasteiger partial charge in [-0.05, 0) is 74.4 Å². The summed E-state index contributed by atoms with van der Waals surface area (Å²) >= 11 is 0. The summed E-state index contributed by atoms with van der Waals surface area (Å²) in [6.45, 7) is 5.21. The van der Waals surface area contributed by atoms with Gasteiger partial charge in [0.15, 0.2) is 0 Å². The summed E-state index contributed by atoms with van der Waals surface area (Å²) in [5, 5.41) is 8.45. The zero-order valence-corrected chi connectivity index (χ0v) is 19.9. The van der Waals surface area contributed by atoms with Gasteiger partial charge in [0.1, 0.15) is 11.6 Å². The maximum absolute atomic E-state index is 5.44. The van der Waals surface area contributed by atoms with Crippen molar-refractivity contribution in [3.8, 4) is 5.75 Å². The van der Waals surface area contributed by atoms with E-state index in [1.165, 1.54) is 16.7 Å². The zero-order valence-electron chi connectivity index (χ0n) is 19.9. The van der Waals surface area contributed by atoms with Gasteiger partial charge in [-0.2, -0.15) is 4.98 Å². The van der Waals surface area contributed by atoms with Gasteiger partial charge < -0.3 is 20.3 Å². The topological polar surface area (TPSA) is 62.3 Å². The minimum Gasteiger partial charge on any atom is -0.496 e. The van der Waals surface area contributed by atoms with Gasteiger partial charge in [-0.25, -0.2) is 4.98 Å². The standard InChI is InChI=1S/C26H35N5O/c1-17-18(2)24(32-5)15-10-19(17)16-27-20-11-13-21(14-12-20)28-26-29-23-9-7-6-8-22(23)25(30-26)31(3)4/h6-10,15,20-21,27H,11-14,16H2,1-5H3,(H,28,29,30). The van der Waals surface area contributed by atoms with E-state index in [1.807, 2.05) is 26.2 Å². The average Bonchev–Trinajstić information content (AvgIpc) is 2.80. The van der Waals surface area contributed by atoms with Crippen molar-refractivity contribution in [2.75, 3.05) is 31.4 Å². The number of benzene rings is 2. The Morgan fingerprint density at radius 3 is 2.38 bits per heavy atom. The number of hydrogen-bond acceptors (Lipinski definition) is 6. The molecule has 3 aromatic rings. The second kappa shape index (κ2) is 9.74. The summed E-state index contributed by atoms with van der Waals surface area (Å²) in [5.41, 5.74) is 4.88. The van der Waals surface area contributed by atoms with Crippen LogP contribution >= 0.6 is 0 Å². The molecule has 0 spiro atoms. The lowest BCUT2D eigenvalue weighted by atomic mass is 9.91. The molecule has 2 aromatic carbocycles. The van der Waals surface area contributed by atoms with Crippen molar-refractivity contribution in [1.82, 2.24) is 15.3 Å². The van der Waals surface area contributed by atoms with Crippen LogP contribution in [0.2, 0.25) is 0 Å². The van der Waals surface area contributed by atoms with Gasteiger partial charge in [0.25, 0.3) is 0 Å². The van der Waals surface area contributed by atoms with Crippen LogP contribution in [-0.4, -0.2) is 43.3 Å². The highest BCUT2D eigenvalue weighted by Crippen LogP contribution is 2.27. The molecular formula is C26H35N5O. The average molecular weight is 434 g/mol. The van der Waals surface area contributed by atoms with E-state index in [2.05, 4.69) is 53.6 Å². The Morgan fingerprint density at radius 2 is 1.66 bits per heavy atom. The number of nitrogens with zero attached hydrogens (tertiary/aromatic N) is 3. The second-order valence-corrected chi connectivity index (χ2v) is 9.03. The third-order valence-corrected chi connectivity index (χ3v) is 6.72. The van der Waals surface area contributed by atoms with Crippen molar-refractivity contribution >= 4 is 22.7 Å². The maximum atomic E-state index is 5.44. The number of methoxy groups -OCH3 is 1. The van der Waals surface area contributed by atoms with E-state index in [0.717, 1.165) is 60.6 Å². The van der Waals surface area contributed by atoms with E-state index in [9.17, 15) is 0 Å². The van der Waals surface area contributed by atoms with Crippen molar-refractivity contribution in [2.45, 2.75) is 58.2 Å². The number of nitrogens with one attached hydrogen (secondary N) is 2. The molecule has 170 valence electrons. The zero-order chi connectivity index (χ0) is 22.7. The number of ether oxygens (including phenoxy) is 1. The number of rotatable bonds is 7. The fourth-order valence-corrected chi connectivity index (χ4v) is 4.61. The Bertz CT molecular complexity index is 1070. The van der Waals surface area contributed by atoms with Gasteiger partial charge in [0.2, 0.25) is 5.95 Å². The van der Waals surface area contributed by atoms with Gasteiger partial charge in [0.05, 0.1) is 12.6 Å². The van der Waals surface area contributed by atoms with E-state index >= 15 is 0 Å². The van der Waals surface area contributed by atoms with E-state index in [4.69, 9.17) is 14.7 Å². The molecule has 0 radical (unpaired) electrons. The quantitative estimate of drug-likeness (QED) is 0.556. The smallest absolute Gasteiger partial charge is 0.225 e. The molecule has 1 aromatic heterocycles. The Morgan fingerprint density at radius 1 is 0.938 bits per heavy atom. The van der Waals surface area contributed by atoms with Crippen LogP contribution in [0.15, 0.2) is 36.4 Å². The molecule has 0 saturated heterocycles. The lowest BCUT2D eigenvalue weighted by Crippen LogP contribution is -2.37. The first-order chi connectivity index (χ1) is 15.5. The second-order valence-electron chi connectivity index (χ2n) is 9.03. The van der Waals surface area contributed by atoms with E-state index < -0.39 is 0 Å². The molecule has 0 unspecified atom stereocenters. The molecule has 4 rings (SSSR count). The van der Waals surface area contributed by atoms with Gasteiger partial charge in [-0.3, -0.25) is 0 Å². The van der Waals surface area contributed by atoms with Crippen LogP contribution < -0.4 is 20.3 Å². The van der Waals surface area contributed by atoms with Crippen LogP contribution in [-0.2, 0) is 6.54 Å². The molecule has 32 heavy (non-hydrogen) atoms. The summed E-state index contributed by atoms with van der Waals surface area (Å²) in [6.07, 6.45) is 4.54. The lowest BCUT2D eigenvalue weighted by Gasteiger charge is -2.30. The molecule has 6 heteroatoms. The molecule has 1 aliphatic rings. The molecule has 1 saturated carbocycles. The maximum Gasteiger partial charge on any atom is 0.225 e. The van der Waals surface area contributed by atoms with Gasteiger partial charge in [0, 0.05) is 38.1 Å². The molecule has 1 fully saturated rings. The first-order valence-electron chi connectivity index (χ1n) is 11.5. The Kier molecular flexibility index (Phi) is 6.80. The van der Waals surface area contributed by atoms with Crippen molar-refractivity contribution in [1.29, 1.82) is 0 Å². The number of fused-ring (bicyclic) bond motifs is 1. The monoisotopic (exact) mass is 433 g/mol. The first kappa shape index (κ1) is 22.3. The third-order valence-electron chi connectivity index (χ3n) is 6.72. The summed E-state index contributed by atoms with van der Waals surface area (Å²) in [6, 6.07) is 13.4. The molecule has 1 aliphatic carbocycles. The summed E-state index contributed by atoms with van der Waals surface area (Å²) in [5.74, 6) is 2.65. The number of anilines is 2. The van der Waals surface area contributed by atoms with Crippen LogP contribution in [0.3, 0.4) is 0 Å². The largest absolute Gasteiger partial charge is 0.496 e. The summed E-state index contributed by atoms with van der Waals surface area (Å²) < 4.78 is 5.44. The van der Waals surface area contributed by atoms with Gasteiger partial charge in [-0.1, -0.05) is 18.2 Å². The molecule has 0 aliphatic heterocycles. The van der Waals surface area contributed by atoms with Crippen LogP contribution in [0.1, 0.15) is 42.4 Å². The predicted molar refractivity (Wildman–Crippen MR) is 133 cm³/mol. The minimum absolute atomic E-state index is 0.411. The Hall–Kier alpha value is -2.86. The molecular weight excluding hydrogens is 398 g/mol. The Labute approximate surface area is 191 Å². The van der Waals surface area contributed by atoms with Gasteiger partial charge in [-0.15, -0.1) is 0 Å². The molecule has 0 amide bonds. The summed E-state index contributed by atoms with van der Waals surface area (Å²) in [7, 11) is 5.79. The normalized spacial score (nSPS) is 18.5. The number of para-hydroxylation sites is 1. The molecule has 2 N–H and O–H groups in total. The number of hydrogen-bond donors (Lipinski definition) is 2. The van der Waals surface area contributed by atoms with Crippen LogP contribution in [0.4, 0.5) is 11.8 Å². The highest BCUT2D eigenvalue weighted by atomic mass is 16.5. The number of aromatic nitrogens is 2. The van der Waals surface area contributed by atoms with Crippen LogP contribution in [0.5, 0.6) is 5.75 Å². The summed E-state index contributed by atoms with van der Waals surface area (Å²) in [4.78, 5) is 11.6. The molecule has 1 heterocycles. The highest BCUT2D eigenvalue weighted by Gasteiger charge is 2.22. The van der Waals surface area contributed by atoms with E-state index in [1.54, 1.807) is 7.11 Å². The molecule has 0 bridgehead atoms. The van der Waals surface area contributed by atoms with Gasteiger partial charge >= 0.3 is 0 Å². The minimum atomic E-state index is 0.411. The van der Waals surface area contributed by atoms with Crippen molar-refractivity contribution in [2.24, 2.45) is 0 Å². The molecule has 0 atom stereocenters. The van der Waals surface area contributed by atoms with Crippen LogP contribution in [0, 0.1) is 13.8 Å². The third kappa shape index (κ3) is 4.80. The van der Waals surface area contributed by atoms with E-state index in [0.29, 0.717) is 12.1 Å². The fourth-order valence-electron chi connectivity index (χ4n) is 4.61. The Balaban J connectivity index is 1.34. The van der Waals surface area contributed by atoms with Crippen molar-refractivity contribution in [3.05, 3.63) is 53.1 Å².